The van der Waals surface area contributed by atoms with Crippen LogP contribution in [0.5, 0.6) is 5.75 Å². The summed E-state index contributed by atoms with van der Waals surface area (Å²) in [6.07, 6.45) is 0.923. The molecule has 0 bridgehead atoms. The molecule has 0 amide bonds. The molecular weight excluding hydrogens is 230 g/mol. The number of rotatable bonds is 2. The molecule has 0 saturated carbocycles. The molecule has 0 unspecified atom stereocenters. The summed E-state index contributed by atoms with van der Waals surface area (Å²) in [4.78, 5) is 0. The van der Waals surface area contributed by atoms with Crippen molar-refractivity contribution in [3.05, 3.63) is 21.7 Å². The van der Waals surface area contributed by atoms with Crippen molar-refractivity contribution in [2.75, 3.05) is 12.8 Å². The number of methoxy groups -OCH3 is 1. The van der Waals surface area contributed by atoms with E-state index in [-0.39, 0.29) is 0 Å². The van der Waals surface area contributed by atoms with Gasteiger partial charge in [-0.1, -0.05) is 22.9 Å². The van der Waals surface area contributed by atoms with Crippen molar-refractivity contribution in [3.8, 4) is 5.75 Å². The van der Waals surface area contributed by atoms with E-state index >= 15 is 0 Å². The van der Waals surface area contributed by atoms with Crippen molar-refractivity contribution in [1.29, 1.82) is 0 Å². The Labute approximate surface area is 87.2 Å². The standard InChI is InChI=1S/C10H14BrNO/c1-4-7-5-8(11)6(2)9(12)10(7)13-3/h5H,4,12H2,1-3H3. The van der Waals surface area contributed by atoms with Crippen molar-refractivity contribution >= 4 is 21.6 Å². The predicted molar refractivity (Wildman–Crippen MR) is 59.2 cm³/mol. The molecule has 0 aromatic heterocycles. The van der Waals surface area contributed by atoms with Gasteiger partial charge in [0, 0.05) is 4.47 Å². The van der Waals surface area contributed by atoms with Crippen LogP contribution in [-0.2, 0) is 6.42 Å². The molecule has 1 aromatic rings. The van der Waals surface area contributed by atoms with Crippen LogP contribution < -0.4 is 10.5 Å². The van der Waals surface area contributed by atoms with E-state index in [9.17, 15) is 0 Å². The van der Waals surface area contributed by atoms with Crippen molar-refractivity contribution in [3.63, 3.8) is 0 Å². The maximum Gasteiger partial charge on any atom is 0.145 e. The average molecular weight is 244 g/mol. The number of nitrogens with two attached hydrogens (primary N) is 1. The summed E-state index contributed by atoms with van der Waals surface area (Å²) in [6, 6.07) is 2.06. The van der Waals surface area contributed by atoms with E-state index in [1.54, 1.807) is 7.11 Å². The summed E-state index contributed by atoms with van der Waals surface area (Å²) in [5.74, 6) is 0.809. The maximum absolute atomic E-state index is 5.92. The molecular formula is C10H14BrNO. The largest absolute Gasteiger partial charge is 0.494 e. The van der Waals surface area contributed by atoms with Gasteiger partial charge in [-0.25, -0.2) is 0 Å². The van der Waals surface area contributed by atoms with Crippen LogP contribution in [0, 0.1) is 6.92 Å². The lowest BCUT2D eigenvalue weighted by atomic mass is 10.1. The van der Waals surface area contributed by atoms with Crippen molar-refractivity contribution in [2.24, 2.45) is 0 Å². The monoisotopic (exact) mass is 243 g/mol. The molecule has 1 rings (SSSR count). The van der Waals surface area contributed by atoms with E-state index in [4.69, 9.17) is 10.5 Å². The Morgan fingerprint density at radius 1 is 1.54 bits per heavy atom. The van der Waals surface area contributed by atoms with Gasteiger partial charge in [-0.2, -0.15) is 0 Å². The number of anilines is 1. The highest BCUT2D eigenvalue weighted by atomic mass is 79.9. The number of ether oxygens (including phenoxy) is 1. The Kier molecular flexibility index (Phi) is 3.20. The first-order valence-electron chi connectivity index (χ1n) is 4.23. The molecule has 0 aliphatic rings. The van der Waals surface area contributed by atoms with Crippen LogP contribution in [0.3, 0.4) is 0 Å². The number of benzene rings is 1. The number of hydrogen-bond acceptors (Lipinski definition) is 2. The molecule has 0 heterocycles. The fourth-order valence-corrected chi connectivity index (χ4v) is 1.79. The highest BCUT2D eigenvalue weighted by molar-refractivity contribution is 9.10. The summed E-state index contributed by atoms with van der Waals surface area (Å²) < 4.78 is 6.30. The van der Waals surface area contributed by atoms with Gasteiger partial charge in [0.1, 0.15) is 5.75 Å². The third-order valence-electron chi connectivity index (χ3n) is 2.18. The lowest BCUT2D eigenvalue weighted by molar-refractivity contribution is 0.412. The minimum absolute atomic E-state index is 0.730. The Morgan fingerprint density at radius 2 is 2.15 bits per heavy atom. The molecule has 0 saturated heterocycles. The van der Waals surface area contributed by atoms with E-state index in [0.717, 1.165) is 33.5 Å². The number of nitrogen functional groups attached to an aromatic ring is 1. The molecule has 0 radical (unpaired) electrons. The van der Waals surface area contributed by atoms with E-state index in [0.29, 0.717) is 0 Å². The maximum atomic E-state index is 5.92. The lowest BCUT2D eigenvalue weighted by Crippen LogP contribution is -2.00. The van der Waals surface area contributed by atoms with Gasteiger partial charge in [-0.3, -0.25) is 0 Å². The van der Waals surface area contributed by atoms with Crippen LogP contribution in [0.1, 0.15) is 18.1 Å². The number of aryl methyl sites for hydroxylation is 1. The second-order valence-electron chi connectivity index (χ2n) is 2.94. The summed E-state index contributed by atoms with van der Waals surface area (Å²) in [6.45, 7) is 4.06. The van der Waals surface area contributed by atoms with Gasteiger partial charge in [0.05, 0.1) is 12.8 Å². The summed E-state index contributed by atoms with van der Waals surface area (Å²) in [7, 11) is 1.65. The Bertz CT molecular complexity index is 323. The van der Waals surface area contributed by atoms with Crippen molar-refractivity contribution in [1.82, 2.24) is 0 Å². The Balaban J connectivity index is 3.39. The second kappa shape index (κ2) is 4.01. The zero-order valence-corrected chi connectivity index (χ0v) is 9.73. The molecule has 1 aromatic carbocycles. The third-order valence-corrected chi connectivity index (χ3v) is 3.01. The minimum Gasteiger partial charge on any atom is -0.494 e. The minimum atomic E-state index is 0.730. The summed E-state index contributed by atoms with van der Waals surface area (Å²) >= 11 is 3.47. The van der Waals surface area contributed by atoms with Crippen molar-refractivity contribution < 1.29 is 4.74 Å². The molecule has 0 aliphatic carbocycles. The van der Waals surface area contributed by atoms with Crippen LogP contribution in [0.2, 0.25) is 0 Å². The molecule has 2 nitrogen and oxygen atoms in total. The van der Waals surface area contributed by atoms with Gasteiger partial charge >= 0.3 is 0 Å². The van der Waals surface area contributed by atoms with Gasteiger partial charge in [0.15, 0.2) is 0 Å². The Morgan fingerprint density at radius 3 is 2.62 bits per heavy atom. The zero-order valence-electron chi connectivity index (χ0n) is 8.15. The van der Waals surface area contributed by atoms with Crippen LogP contribution in [0.15, 0.2) is 10.5 Å². The highest BCUT2D eigenvalue weighted by Crippen LogP contribution is 2.34. The summed E-state index contributed by atoms with van der Waals surface area (Å²) in [5.41, 5.74) is 8.82. The van der Waals surface area contributed by atoms with Gasteiger partial charge in [-0.05, 0) is 30.5 Å². The van der Waals surface area contributed by atoms with Crippen molar-refractivity contribution in [2.45, 2.75) is 20.3 Å². The van der Waals surface area contributed by atoms with E-state index in [2.05, 4.69) is 28.9 Å². The topological polar surface area (TPSA) is 35.2 Å². The molecule has 0 aliphatic heterocycles. The van der Waals surface area contributed by atoms with Gasteiger partial charge in [0.25, 0.3) is 0 Å². The fourth-order valence-electron chi connectivity index (χ4n) is 1.30. The van der Waals surface area contributed by atoms with Gasteiger partial charge in [0.2, 0.25) is 0 Å². The van der Waals surface area contributed by atoms with Gasteiger partial charge in [-0.15, -0.1) is 0 Å². The molecule has 72 valence electrons. The summed E-state index contributed by atoms with van der Waals surface area (Å²) in [5, 5.41) is 0. The SMILES string of the molecule is CCc1cc(Br)c(C)c(N)c1OC. The first kappa shape index (κ1) is 10.4. The van der Waals surface area contributed by atoms with Crippen LogP contribution in [0.4, 0.5) is 5.69 Å². The van der Waals surface area contributed by atoms with Crippen LogP contribution in [-0.4, -0.2) is 7.11 Å². The normalized spacial score (nSPS) is 10.2. The molecule has 0 fully saturated rings. The van der Waals surface area contributed by atoms with Crippen LogP contribution >= 0.6 is 15.9 Å². The lowest BCUT2D eigenvalue weighted by Gasteiger charge is -2.13. The van der Waals surface area contributed by atoms with E-state index in [1.165, 1.54) is 0 Å². The molecule has 0 spiro atoms. The first-order valence-corrected chi connectivity index (χ1v) is 5.02. The molecule has 3 heteroatoms. The first-order chi connectivity index (χ1) is 6.11. The highest BCUT2D eigenvalue weighted by Gasteiger charge is 2.10. The molecule has 13 heavy (non-hydrogen) atoms. The average Bonchev–Trinajstić information content (AvgIpc) is 2.13. The predicted octanol–water partition coefficient (Wildman–Crippen LogP) is 2.91. The van der Waals surface area contributed by atoms with Gasteiger partial charge < -0.3 is 10.5 Å². The third kappa shape index (κ3) is 1.80. The molecule has 2 N–H and O–H groups in total. The van der Waals surface area contributed by atoms with E-state index < -0.39 is 0 Å². The smallest absolute Gasteiger partial charge is 0.145 e. The van der Waals surface area contributed by atoms with E-state index in [1.807, 2.05) is 6.92 Å². The number of halogens is 1. The van der Waals surface area contributed by atoms with Crippen LogP contribution in [0.25, 0.3) is 0 Å². The quantitative estimate of drug-likeness (QED) is 0.812. The number of hydrogen-bond donors (Lipinski definition) is 1. The molecule has 0 atom stereocenters. The second-order valence-corrected chi connectivity index (χ2v) is 3.80. The fraction of sp³-hybridized carbons (Fsp3) is 0.400. The zero-order chi connectivity index (χ0) is 10.0. The Hall–Kier alpha value is -0.700.